The Hall–Kier alpha value is -1.33. The van der Waals surface area contributed by atoms with Crippen molar-refractivity contribution in [2.24, 2.45) is 0 Å². The lowest BCUT2D eigenvalue weighted by Gasteiger charge is -2.37. The Bertz CT molecular complexity index is 383. The van der Waals surface area contributed by atoms with Crippen molar-refractivity contribution in [3.05, 3.63) is 18.3 Å². The Morgan fingerprint density at radius 3 is 2.95 bits per heavy atom. The number of hydrogen-bond acceptors (Lipinski definition) is 5. The van der Waals surface area contributed by atoms with E-state index in [1.807, 2.05) is 12.1 Å². The molecule has 1 unspecified atom stereocenters. The molecule has 1 fully saturated rings. The van der Waals surface area contributed by atoms with Gasteiger partial charge in [0.05, 0.1) is 19.9 Å². The molecule has 5 heteroatoms. The molecule has 20 heavy (non-hydrogen) atoms. The van der Waals surface area contributed by atoms with Crippen LogP contribution in [-0.2, 0) is 4.74 Å². The van der Waals surface area contributed by atoms with Crippen LogP contribution >= 0.6 is 0 Å². The van der Waals surface area contributed by atoms with Gasteiger partial charge in [-0.3, -0.25) is 0 Å². The monoisotopic (exact) mass is 279 g/mol. The number of hydrogen-bond donors (Lipinski definition) is 1. The maximum atomic E-state index is 5.17. The molecule has 1 aromatic heterocycles. The largest absolute Gasteiger partial charge is 0.495 e. The fourth-order valence-electron chi connectivity index (χ4n) is 2.62. The van der Waals surface area contributed by atoms with Crippen molar-refractivity contribution in [3.8, 4) is 5.75 Å². The normalized spacial score (nSPS) is 19.1. The highest BCUT2D eigenvalue weighted by molar-refractivity contribution is 5.42. The number of nitrogens with one attached hydrogen (secondary N) is 1. The molecule has 2 heterocycles. The number of methoxy groups -OCH3 is 2. The number of aromatic nitrogens is 1. The van der Waals surface area contributed by atoms with E-state index in [1.165, 1.54) is 19.3 Å². The van der Waals surface area contributed by atoms with Crippen molar-refractivity contribution in [3.63, 3.8) is 0 Å². The minimum Gasteiger partial charge on any atom is -0.495 e. The Morgan fingerprint density at radius 1 is 1.35 bits per heavy atom. The van der Waals surface area contributed by atoms with Gasteiger partial charge in [0, 0.05) is 32.8 Å². The van der Waals surface area contributed by atoms with Crippen LogP contribution in [0.25, 0.3) is 0 Å². The molecule has 2 rings (SSSR count). The summed E-state index contributed by atoms with van der Waals surface area (Å²) in [4.78, 5) is 6.92. The summed E-state index contributed by atoms with van der Waals surface area (Å²) in [6, 6.07) is 4.54. The molecule has 1 aliphatic heterocycles. The third-order valence-corrected chi connectivity index (χ3v) is 3.74. The Morgan fingerprint density at radius 2 is 2.25 bits per heavy atom. The van der Waals surface area contributed by atoms with Crippen molar-refractivity contribution in [1.29, 1.82) is 0 Å². The van der Waals surface area contributed by atoms with Gasteiger partial charge >= 0.3 is 0 Å². The van der Waals surface area contributed by atoms with Crippen LogP contribution in [0.5, 0.6) is 5.75 Å². The van der Waals surface area contributed by atoms with Gasteiger partial charge in [-0.15, -0.1) is 0 Å². The molecule has 0 aromatic carbocycles. The Kier molecular flexibility index (Phi) is 6.08. The van der Waals surface area contributed by atoms with Crippen LogP contribution in [0.3, 0.4) is 0 Å². The lowest BCUT2D eigenvalue weighted by molar-refractivity contribution is 0.198. The number of anilines is 1. The summed E-state index contributed by atoms with van der Waals surface area (Å²) in [6.07, 6.45) is 5.54. The van der Waals surface area contributed by atoms with Crippen LogP contribution in [0.4, 0.5) is 5.82 Å². The molecule has 0 amide bonds. The number of nitrogens with zero attached hydrogens (tertiary/aromatic N) is 2. The average Bonchev–Trinajstić information content (AvgIpc) is 2.52. The van der Waals surface area contributed by atoms with E-state index in [0.29, 0.717) is 6.04 Å². The van der Waals surface area contributed by atoms with E-state index in [9.17, 15) is 0 Å². The van der Waals surface area contributed by atoms with Gasteiger partial charge in [-0.05, 0) is 31.4 Å². The van der Waals surface area contributed by atoms with Crippen molar-refractivity contribution in [2.45, 2.75) is 25.3 Å². The van der Waals surface area contributed by atoms with Crippen molar-refractivity contribution >= 4 is 5.82 Å². The second-order valence-corrected chi connectivity index (χ2v) is 5.10. The van der Waals surface area contributed by atoms with E-state index in [1.54, 1.807) is 20.4 Å². The summed E-state index contributed by atoms with van der Waals surface area (Å²) in [5.74, 6) is 1.85. The summed E-state index contributed by atoms with van der Waals surface area (Å²) >= 11 is 0. The second kappa shape index (κ2) is 8.07. The molecule has 0 saturated carbocycles. The van der Waals surface area contributed by atoms with Gasteiger partial charge < -0.3 is 19.7 Å². The first-order valence-corrected chi connectivity index (χ1v) is 7.31. The topological polar surface area (TPSA) is 46.6 Å². The fraction of sp³-hybridized carbons (Fsp3) is 0.667. The summed E-state index contributed by atoms with van der Waals surface area (Å²) in [6.45, 7) is 3.72. The highest BCUT2D eigenvalue weighted by atomic mass is 16.5. The average molecular weight is 279 g/mol. The van der Waals surface area contributed by atoms with Crippen LogP contribution in [0.15, 0.2) is 18.3 Å². The molecule has 1 aromatic rings. The van der Waals surface area contributed by atoms with Crippen LogP contribution in [-0.4, -0.2) is 51.5 Å². The lowest BCUT2D eigenvalue weighted by Crippen LogP contribution is -2.46. The van der Waals surface area contributed by atoms with Gasteiger partial charge in [0.25, 0.3) is 0 Å². The van der Waals surface area contributed by atoms with Crippen LogP contribution < -0.4 is 15.0 Å². The maximum absolute atomic E-state index is 5.17. The summed E-state index contributed by atoms with van der Waals surface area (Å²) in [5, 5.41) is 3.46. The predicted molar refractivity (Wildman–Crippen MR) is 80.5 cm³/mol. The fourth-order valence-corrected chi connectivity index (χ4v) is 2.62. The number of pyridine rings is 1. The first kappa shape index (κ1) is 15.1. The van der Waals surface area contributed by atoms with E-state index in [2.05, 4.69) is 15.2 Å². The van der Waals surface area contributed by atoms with Gasteiger partial charge in [0.2, 0.25) is 0 Å². The van der Waals surface area contributed by atoms with E-state index >= 15 is 0 Å². The van der Waals surface area contributed by atoms with Crippen molar-refractivity contribution in [1.82, 2.24) is 10.3 Å². The minimum absolute atomic E-state index is 0.515. The summed E-state index contributed by atoms with van der Waals surface area (Å²) < 4.78 is 10.2. The molecule has 0 radical (unpaired) electrons. The van der Waals surface area contributed by atoms with Crippen LogP contribution in [0, 0.1) is 0 Å². The third kappa shape index (κ3) is 4.08. The standard InChI is InChI=1S/C15H25N3O2/c1-19-10-8-16-11-13-5-3-4-9-18(13)15-7-6-14(20-2)12-17-15/h6-7,12-13,16H,3-5,8-11H2,1-2H3. The highest BCUT2D eigenvalue weighted by Gasteiger charge is 2.23. The maximum Gasteiger partial charge on any atom is 0.137 e. The van der Waals surface area contributed by atoms with E-state index in [0.717, 1.165) is 37.8 Å². The smallest absolute Gasteiger partial charge is 0.137 e. The molecule has 1 atom stereocenters. The zero-order valence-corrected chi connectivity index (χ0v) is 12.5. The van der Waals surface area contributed by atoms with Gasteiger partial charge in [-0.2, -0.15) is 0 Å². The number of rotatable bonds is 7. The van der Waals surface area contributed by atoms with Crippen molar-refractivity contribution < 1.29 is 9.47 Å². The Balaban J connectivity index is 1.94. The van der Waals surface area contributed by atoms with E-state index in [4.69, 9.17) is 9.47 Å². The molecule has 1 aliphatic rings. The highest BCUT2D eigenvalue weighted by Crippen LogP contribution is 2.24. The molecule has 0 bridgehead atoms. The first-order chi connectivity index (χ1) is 9.85. The quantitative estimate of drug-likeness (QED) is 0.770. The molecule has 0 spiro atoms. The third-order valence-electron chi connectivity index (χ3n) is 3.74. The first-order valence-electron chi connectivity index (χ1n) is 7.31. The molecular weight excluding hydrogens is 254 g/mol. The molecule has 1 N–H and O–H groups in total. The SMILES string of the molecule is COCCNCC1CCCCN1c1ccc(OC)cn1. The molecule has 5 nitrogen and oxygen atoms in total. The van der Waals surface area contributed by atoms with Gasteiger partial charge in [-0.1, -0.05) is 0 Å². The zero-order valence-electron chi connectivity index (χ0n) is 12.5. The predicted octanol–water partition coefficient (Wildman–Crippen LogP) is 1.69. The minimum atomic E-state index is 0.515. The van der Waals surface area contributed by atoms with Gasteiger partial charge in [0.15, 0.2) is 0 Å². The molecule has 0 aliphatic carbocycles. The number of piperidine rings is 1. The molecular formula is C15H25N3O2. The van der Waals surface area contributed by atoms with Gasteiger partial charge in [-0.25, -0.2) is 4.98 Å². The molecule has 1 saturated heterocycles. The lowest BCUT2D eigenvalue weighted by atomic mass is 10.0. The van der Waals surface area contributed by atoms with E-state index in [-0.39, 0.29) is 0 Å². The number of ether oxygens (including phenoxy) is 2. The molecule has 112 valence electrons. The van der Waals surface area contributed by atoms with Crippen molar-refractivity contribution in [2.75, 3.05) is 45.4 Å². The zero-order chi connectivity index (χ0) is 14.2. The summed E-state index contributed by atoms with van der Waals surface area (Å²) in [7, 11) is 3.40. The van der Waals surface area contributed by atoms with Gasteiger partial charge in [0.1, 0.15) is 11.6 Å². The Labute approximate surface area is 121 Å². The van der Waals surface area contributed by atoms with Crippen LogP contribution in [0.2, 0.25) is 0 Å². The second-order valence-electron chi connectivity index (χ2n) is 5.10. The van der Waals surface area contributed by atoms with E-state index < -0.39 is 0 Å². The summed E-state index contributed by atoms with van der Waals surface area (Å²) in [5.41, 5.74) is 0. The van der Waals surface area contributed by atoms with Crippen LogP contribution in [0.1, 0.15) is 19.3 Å².